The van der Waals surface area contributed by atoms with Crippen molar-refractivity contribution >= 4 is 11.7 Å². The average molecular weight is 322 g/mol. The maximum atomic E-state index is 12.3. The molecule has 24 heavy (non-hydrogen) atoms. The molecule has 0 saturated carbocycles. The lowest BCUT2D eigenvalue weighted by atomic mass is 10.0. The highest BCUT2D eigenvalue weighted by Crippen LogP contribution is 2.23. The molecular formula is C20H22N2O2. The second-order valence-corrected chi connectivity index (χ2v) is 6.22. The van der Waals surface area contributed by atoms with E-state index in [-0.39, 0.29) is 24.5 Å². The third-order valence-corrected chi connectivity index (χ3v) is 4.46. The first kappa shape index (κ1) is 16.4. The van der Waals surface area contributed by atoms with Crippen molar-refractivity contribution < 1.29 is 9.59 Å². The van der Waals surface area contributed by atoms with E-state index in [4.69, 9.17) is 0 Å². The third-order valence-electron chi connectivity index (χ3n) is 4.46. The van der Waals surface area contributed by atoms with E-state index in [1.807, 2.05) is 24.3 Å². The Kier molecular flexibility index (Phi) is 5.36. The number of pyridine rings is 1. The molecule has 0 saturated heterocycles. The fourth-order valence-electron chi connectivity index (χ4n) is 3.10. The monoisotopic (exact) mass is 322 g/mol. The number of hydrogen-bond acceptors (Lipinski definition) is 3. The number of Topliss-reactive ketones (excluding diaryl/α,β-unsaturated/α-hetero) is 1. The minimum Gasteiger partial charge on any atom is -0.356 e. The predicted molar refractivity (Wildman–Crippen MR) is 93.0 cm³/mol. The second-order valence-electron chi connectivity index (χ2n) is 6.22. The Morgan fingerprint density at radius 2 is 1.96 bits per heavy atom. The molecule has 0 aliphatic heterocycles. The third kappa shape index (κ3) is 4.28. The number of amides is 1. The largest absolute Gasteiger partial charge is 0.356 e. The van der Waals surface area contributed by atoms with Gasteiger partial charge in [-0.05, 0) is 54.5 Å². The van der Waals surface area contributed by atoms with E-state index in [1.54, 1.807) is 12.4 Å². The maximum Gasteiger partial charge on any atom is 0.220 e. The summed E-state index contributed by atoms with van der Waals surface area (Å²) in [6.45, 7) is 0.567. The van der Waals surface area contributed by atoms with Crippen LogP contribution in [0.15, 0.2) is 42.7 Å². The fraction of sp³-hybridized carbons (Fsp3) is 0.350. The lowest BCUT2D eigenvalue weighted by molar-refractivity contribution is -0.121. The van der Waals surface area contributed by atoms with Crippen molar-refractivity contribution in [2.45, 2.75) is 38.5 Å². The number of fused-ring (bicyclic) bond motifs is 1. The van der Waals surface area contributed by atoms with Gasteiger partial charge in [0.15, 0.2) is 5.78 Å². The van der Waals surface area contributed by atoms with Crippen LogP contribution in [0.25, 0.3) is 0 Å². The molecule has 2 aromatic rings. The van der Waals surface area contributed by atoms with E-state index in [2.05, 4.69) is 16.4 Å². The van der Waals surface area contributed by atoms with Crippen LogP contribution in [0.1, 0.15) is 46.3 Å². The highest BCUT2D eigenvalue weighted by Gasteiger charge is 2.14. The van der Waals surface area contributed by atoms with Crippen molar-refractivity contribution in [1.29, 1.82) is 0 Å². The number of aryl methyl sites for hydroxylation is 2. The summed E-state index contributed by atoms with van der Waals surface area (Å²) in [5.74, 6) is -0.0273. The van der Waals surface area contributed by atoms with Crippen molar-refractivity contribution in [2.75, 3.05) is 6.54 Å². The minimum absolute atomic E-state index is 0.0482. The number of benzene rings is 1. The quantitative estimate of drug-likeness (QED) is 0.797. The van der Waals surface area contributed by atoms with Crippen LogP contribution >= 0.6 is 0 Å². The van der Waals surface area contributed by atoms with Crippen molar-refractivity contribution in [3.8, 4) is 0 Å². The van der Waals surface area contributed by atoms with Crippen LogP contribution < -0.4 is 5.32 Å². The molecule has 1 aliphatic carbocycles. The normalized spacial score (nSPS) is 12.7. The van der Waals surface area contributed by atoms with Gasteiger partial charge in [-0.15, -0.1) is 0 Å². The summed E-state index contributed by atoms with van der Waals surface area (Å²) in [6, 6.07) is 9.82. The number of aromatic nitrogens is 1. The molecule has 0 bridgehead atoms. The summed E-state index contributed by atoms with van der Waals surface area (Å²) < 4.78 is 0. The molecule has 1 heterocycles. The van der Waals surface area contributed by atoms with Crippen molar-refractivity contribution in [3.05, 3.63) is 65.0 Å². The Bertz CT molecular complexity index is 726. The zero-order chi connectivity index (χ0) is 16.8. The van der Waals surface area contributed by atoms with Gasteiger partial charge in [0.25, 0.3) is 0 Å². The van der Waals surface area contributed by atoms with Gasteiger partial charge < -0.3 is 5.32 Å². The van der Waals surface area contributed by atoms with Gasteiger partial charge in [-0.25, -0.2) is 0 Å². The van der Waals surface area contributed by atoms with Crippen LogP contribution in [0, 0.1) is 0 Å². The highest BCUT2D eigenvalue weighted by atomic mass is 16.2. The summed E-state index contributed by atoms with van der Waals surface area (Å²) in [6.07, 6.45) is 8.12. The summed E-state index contributed by atoms with van der Waals surface area (Å²) >= 11 is 0. The van der Waals surface area contributed by atoms with Gasteiger partial charge in [0.1, 0.15) is 0 Å². The van der Waals surface area contributed by atoms with Crippen molar-refractivity contribution in [3.63, 3.8) is 0 Å². The smallest absolute Gasteiger partial charge is 0.220 e. The van der Waals surface area contributed by atoms with Crippen LogP contribution in [0.3, 0.4) is 0 Å². The van der Waals surface area contributed by atoms with Crippen LogP contribution in [-0.2, 0) is 24.1 Å². The Balaban J connectivity index is 1.41. The summed E-state index contributed by atoms with van der Waals surface area (Å²) in [4.78, 5) is 28.2. The molecule has 1 N–H and O–H groups in total. The predicted octanol–water partition coefficient (Wildman–Crippen LogP) is 2.89. The molecule has 4 heteroatoms. The van der Waals surface area contributed by atoms with E-state index >= 15 is 0 Å². The SMILES string of the molecule is O=C(CCC(=O)c1ccc2c(c1)CCC2)NCCc1cccnc1. The standard InChI is InChI=1S/C20H22N2O2/c23-19(18-7-6-16-4-1-5-17(16)13-18)8-9-20(24)22-12-10-15-3-2-11-21-14-15/h2-3,6-7,11,13-14H,1,4-5,8-10,12H2,(H,22,24). The zero-order valence-corrected chi connectivity index (χ0v) is 13.8. The lowest BCUT2D eigenvalue weighted by Gasteiger charge is -2.06. The molecule has 0 spiro atoms. The minimum atomic E-state index is -0.0756. The van der Waals surface area contributed by atoms with E-state index in [0.717, 1.165) is 30.4 Å². The fourth-order valence-corrected chi connectivity index (χ4v) is 3.10. The lowest BCUT2D eigenvalue weighted by Crippen LogP contribution is -2.26. The zero-order valence-electron chi connectivity index (χ0n) is 13.8. The maximum absolute atomic E-state index is 12.3. The summed E-state index contributed by atoms with van der Waals surface area (Å²) in [7, 11) is 0. The van der Waals surface area contributed by atoms with Gasteiger partial charge in [-0.3, -0.25) is 14.6 Å². The molecule has 1 aromatic carbocycles. The number of carbonyl (C=O) groups excluding carboxylic acids is 2. The van der Waals surface area contributed by atoms with Crippen LogP contribution in [0.2, 0.25) is 0 Å². The van der Waals surface area contributed by atoms with Gasteiger partial charge in [0, 0.05) is 37.3 Å². The molecule has 1 aromatic heterocycles. The molecule has 3 rings (SSSR count). The molecule has 1 aliphatic rings. The van der Waals surface area contributed by atoms with Crippen molar-refractivity contribution in [1.82, 2.24) is 10.3 Å². The Hall–Kier alpha value is -2.49. The molecular weight excluding hydrogens is 300 g/mol. The van der Waals surface area contributed by atoms with Crippen molar-refractivity contribution in [2.24, 2.45) is 0 Å². The van der Waals surface area contributed by atoms with E-state index in [1.165, 1.54) is 17.5 Å². The van der Waals surface area contributed by atoms with E-state index in [0.29, 0.717) is 6.54 Å². The first-order valence-corrected chi connectivity index (χ1v) is 8.53. The Labute approximate surface area is 142 Å². The number of rotatable bonds is 7. The van der Waals surface area contributed by atoms with Gasteiger partial charge in [-0.2, -0.15) is 0 Å². The number of carbonyl (C=O) groups is 2. The molecule has 124 valence electrons. The van der Waals surface area contributed by atoms with Gasteiger partial charge in [0.05, 0.1) is 0 Å². The number of nitrogens with zero attached hydrogens (tertiary/aromatic N) is 1. The first-order chi connectivity index (χ1) is 11.7. The highest BCUT2D eigenvalue weighted by molar-refractivity contribution is 5.98. The summed E-state index contributed by atoms with van der Waals surface area (Å²) in [5, 5.41) is 2.86. The van der Waals surface area contributed by atoms with Gasteiger partial charge in [-0.1, -0.05) is 18.2 Å². The number of hydrogen-bond donors (Lipinski definition) is 1. The molecule has 0 fully saturated rings. The van der Waals surface area contributed by atoms with Crippen LogP contribution in [-0.4, -0.2) is 23.2 Å². The summed E-state index contributed by atoms with van der Waals surface area (Å²) in [5.41, 5.74) is 4.48. The molecule has 0 atom stereocenters. The Morgan fingerprint density at radius 1 is 1.08 bits per heavy atom. The van der Waals surface area contributed by atoms with Gasteiger partial charge >= 0.3 is 0 Å². The topological polar surface area (TPSA) is 59.1 Å². The molecule has 4 nitrogen and oxygen atoms in total. The second kappa shape index (κ2) is 7.86. The average Bonchev–Trinajstić information content (AvgIpc) is 3.08. The first-order valence-electron chi connectivity index (χ1n) is 8.53. The molecule has 1 amide bonds. The van der Waals surface area contributed by atoms with Gasteiger partial charge in [0.2, 0.25) is 5.91 Å². The molecule has 0 unspecified atom stereocenters. The van der Waals surface area contributed by atoms with E-state index in [9.17, 15) is 9.59 Å². The van der Waals surface area contributed by atoms with Crippen LogP contribution in [0.5, 0.6) is 0 Å². The molecule has 0 radical (unpaired) electrons. The Morgan fingerprint density at radius 3 is 2.79 bits per heavy atom. The number of nitrogens with one attached hydrogen (secondary N) is 1. The van der Waals surface area contributed by atoms with Crippen LogP contribution in [0.4, 0.5) is 0 Å². The van der Waals surface area contributed by atoms with E-state index < -0.39 is 0 Å². The number of ketones is 1.